The molecule has 0 aromatic heterocycles. The van der Waals surface area contributed by atoms with E-state index in [1.54, 1.807) is 0 Å². The zero-order valence-electron chi connectivity index (χ0n) is 13.0. The SMILES string of the molecule is CCCC1CCC(CN)(N(C)C2CCOC2C)CC1. The van der Waals surface area contributed by atoms with Gasteiger partial charge in [0, 0.05) is 24.7 Å². The molecule has 2 fully saturated rings. The zero-order chi connectivity index (χ0) is 13.9. The van der Waals surface area contributed by atoms with Gasteiger partial charge >= 0.3 is 0 Å². The first-order valence-electron chi connectivity index (χ1n) is 8.17. The molecule has 2 N–H and O–H groups in total. The van der Waals surface area contributed by atoms with Crippen molar-refractivity contribution in [1.29, 1.82) is 0 Å². The van der Waals surface area contributed by atoms with Gasteiger partial charge in [-0.1, -0.05) is 19.8 Å². The molecule has 3 heteroatoms. The second-order valence-corrected chi connectivity index (χ2v) is 6.70. The summed E-state index contributed by atoms with van der Waals surface area (Å²) < 4.78 is 5.74. The van der Waals surface area contributed by atoms with Crippen LogP contribution in [0.15, 0.2) is 0 Å². The molecule has 1 heterocycles. The third-order valence-corrected chi connectivity index (χ3v) is 5.69. The largest absolute Gasteiger partial charge is 0.377 e. The summed E-state index contributed by atoms with van der Waals surface area (Å²) in [5, 5.41) is 0. The van der Waals surface area contributed by atoms with Crippen LogP contribution in [0, 0.1) is 5.92 Å². The Hall–Kier alpha value is -0.120. The number of hydrogen-bond acceptors (Lipinski definition) is 3. The molecule has 1 saturated carbocycles. The normalized spacial score (nSPS) is 39.9. The van der Waals surface area contributed by atoms with E-state index >= 15 is 0 Å². The summed E-state index contributed by atoms with van der Waals surface area (Å²) in [4.78, 5) is 2.58. The molecule has 0 radical (unpaired) electrons. The van der Waals surface area contributed by atoms with E-state index in [-0.39, 0.29) is 5.54 Å². The van der Waals surface area contributed by atoms with Gasteiger partial charge < -0.3 is 10.5 Å². The fourth-order valence-corrected chi connectivity index (χ4v) is 4.19. The van der Waals surface area contributed by atoms with Gasteiger partial charge in [0.1, 0.15) is 0 Å². The molecule has 2 aliphatic rings. The number of likely N-dealkylation sites (N-methyl/N-ethyl adjacent to an activating group) is 1. The van der Waals surface area contributed by atoms with E-state index in [0.717, 1.165) is 25.5 Å². The van der Waals surface area contributed by atoms with Gasteiger partial charge in [-0.3, -0.25) is 4.90 Å². The molecular weight excluding hydrogens is 236 g/mol. The molecule has 2 rings (SSSR count). The first-order chi connectivity index (χ1) is 9.13. The van der Waals surface area contributed by atoms with Crippen LogP contribution in [0.4, 0.5) is 0 Å². The van der Waals surface area contributed by atoms with Crippen molar-refractivity contribution < 1.29 is 4.74 Å². The molecule has 2 atom stereocenters. The van der Waals surface area contributed by atoms with Crippen LogP contribution in [0.3, 0.4) is 0 Å². The van der Waals surface area contributed by atoms with Crippen molar-refractivity contribution in [2.75, 3.05) is 20.2 Å². The molecular formula is C16H32N2O. The number of rotatable bonds is 5. The Morgan fingerprint density at radius 1 is 1.26 bits per heavy atom. The lowest BCUT2D eigenvalue weighted by Gasteiger charge is -2.49. The summed E-state index contributed by atoms with van der Waals surface area (Å²) in [5.41, 5.74) is 6.42. The van der Waals surface area contributed by atoms with E-state index < -0.39 is 0 Å². The lowest BCUT2D eigenvalue weighted by atomic mass is 9.73. The van der Waals surface area contributed by atoms with Crippen LogP contribution >= 0.6 is 0 Å². The highest BCUT2D eigenvalue weighted by atomic mass is 16.5. The maximum Gasteiger partial charge on any atom is 0.0703 e. The third kappa shape index (κ3) is 3.14. The molecule has 0 bridgehead atoms. The van der Waals surface area contributed by atoms with Crippen molar-refractivity contribution in [2.24, 2.45) is 11.7 Å². The molecule has 1 aliphatic heterocycles. The molecule has 0 aromatic rings. The van der Waals surface area contributed by atoms with E-state index in [0.29, 0.717) is 12.1 Å². The highest BCUT2D eigenvalue weighted by molar-refractivity contribution is 4.99. The Bertz CT molecular complexity index is 274. The van der Waals surface area contributed by atoms with Gasteiger partial charge in [-0.15, -0.1) is 0 Å². The predicted octanol–water partition coefficient (Wildman–Crippen LogP) is 2.78. The Labute approximate surface area is 118 Å². The molecule has 0 aromatic carbocycles. The predicted molar refractivity (Wildman–Crippen MR) is 80.2 cm³/mol. The molecule has 1 saturated heterocycles. The van der Waals surface area contributed by atoms with E-state index in [1.165, 1.54) is 38.5 Å². The molecule has 112 valence electrons. The summed E-state index contributed by atoms with van der Waals surface area (Å²) in [7, 11) is 2.28. The first-order valence-corrected chi connectivity index (χ1v) is 8.17. The first kappa shape index (κ1) is 15.3. The van der Waals surface area contributed by atoms with Crippen LogP contribution < -0.4 is 5.73 Å². The van der Waals surface area contributed by atoms with Crippen LogP contribution in [-0.2, 0) is 4.74 Å². The fourth-order valence-electron chi connectivity index (χ4n) is 4.19. The summed E-state index contributed by atoms with van der Waals surface area (Å²) in [5.74, 6) is 0.940. The van der Waals surface area contributed by atoms with Gasteiger partial charge in [0.05, 0.1) is 6.10 Å². The van der Waals surface area contributed by atoms with E-state index in [1.807, 2.05) is 0 Å². The zero-order valence-corrected chi connectivity index (χ0v) is 13.0. The van der Waals surface area contributed by atoms with Gasteiger partial charge in [-0.2, -0.15) is 0 Å². The average Bonchev–Trinajstić information content (AvgIpc) is 2.85. The van der Waals surface area contributed by atoms with Crippen LogP contribution in [0.1, 0.15) is 58.8 Å². The van der Waals surface area contributed by atoms with Crippen molar-refractivity contribution in [1.82, 2.24) is 4.90 Å². The topological polar surface area (TPSA) is 38.5 Å². The summed E-state index contributed by atoms with van der Waals surface area (Å²) in [6.07, 6.45) is 9.51. The molecule has 0 amide bonds. The minimum atomic E-state index is 0.233. The Balaban J connectivity index is 1.99. The minimum absolute atomic E-state index is 0.233. The molecule has 2 unspecified atom stereocenters. The highest BCUT2D eigenvalue weighted by Crippen LogP contribution is 2.39. The monoisotopic (exact) mass is 268 g/mol. The summed E-state index contributed by atoms with van der Waals surface area (Å²) in [6.45, 7) is 6.22. The quantitative estimate of drug-likeness (QED) is 0.833. The summed E-state index contributed by atoms with van der Waals surface area (Å²) >= 11 is 0. The molecule has 19 heavy (non-hydrogen) atoms. The van der Waals surface area contributed by atoms with Gasteiger partial charge in [-0.05, 0) is 52.0 Å². The van der Waals surface area contributed by atoms with Crippen LogP contribution in [0.25, 0.3) is 0 Å². The Kier molecular flexibility index (Phi) is 5.27. The fraction of sp³-hybridized carbons (Fsp3) is 1.00. The number of hydrogen-bond donors (Lipinski definition) is 1. The summed E-state index contributed by atoms with van der Waals surface area (Å²) in [6, 6.07) is 0.561. The van der Waals surface area contributed by atoms with Crippen LogP contribution in [0.5, 0.6) is 0 Å². The number of nitrogens with zero attached hydrogens (tertiary/aromatic N) is 1. The lowest BCUT2D eigenvalue weighted by molar-refractivity contribution is 0.000280. The minimum Gasteiger partial charge on any atom is -0.377 e. The number of nitrogens with two attached hydrogens (primary N) is 1. The van der Waals surface area contributed by atoms with Crippen molar-refractivity contribution in [3.8, 4) is 0 Å². The average molecular weight is 268 g/mol. The standard InChI is InChI=1S/C16H32N2O/c1-4-5-14-6-9-16(12-17,10-7-14)18(3)15-8-11-19-13(15)2/h13-15H,4-12,17H2,1-3H3. The molecule has 0 spiro atoms. The van der Waals surface area contributed by atoms with Gasteiger partial charge in [0.25, 0.3) is 0 Å². The molecule has 1 aliphatic carbocycles. The Morgan fingerprint density at radius 2 is 1.95 bits per heavy atom. The Morgan fingerprint density at radius 3 is 2.42 bits per heavy atom. The lowest BCUT2D eigenvalue weighted by Crippen LogP contribution is -2.58. The van der Waals surface area contributed by atoms with Crippen molar-refractivity contribution >= 4 is 0 Å². The van der Waals surface area contributed by atoms with Crippen molar-refractivity contribution in [2.45, 2.75) is 76.5 Å². The van der Waals surface area contributed by atoms with Crippen molar-refractivity contribution in [3.63, 3.8) is 0 Å². The van der Waals surface area contributed by atoms with Gasteiger partial charge in [0.2, 0.25) is 0 Å². The van der Waals surface area contributed by atoms with E-state index in [2.05, 4.69) is 25.8 Å². The van der Waals surface area contributed by atoms with Crippen LogP contribution in [0.2, 0.25) is 0 Å². The second kappa shape index (κ2) is 6.55. The highest BCUT2D eigenvalue weighted by Gasteiger charge is 2.42. The smallest absolute Gasteiger partial charge is 0.0703 e. The van der Waals surface area contributed by atoms with E-state index in [9.17, 15) is 0 Å². The van der Waals surface area contributed by atoms with Gasteiger partial charge in [0.15, 0.2) is 0 Å². The van der Waals surface area contributed by atoms with Crippen molar-refractivity contribution in [3.05, 3.63) is 0 Å². The number of ether oxygens (including phenoxy) is 1. The maximum absolute atomic E-state index is 6.19. The van der Waals surface area contributed by atoms with Gasteiger partial charge in [-0.25, -0.2) is 0 Å². The maximum atomic E-state index is 6.19. The molecule has 3 nitrogen and oxygen atoms in total. The van der Waals surface area contributed by atoms with E-state index in [4.69, 9.17) is 10.5 Å². The second-order valence-electron chi connectivity index (χ2n) is 6.70. The third-order valence-electron chi connectivity index (χ3n) is 5.69. The van der Waals surface area contributed by atoms with Crippen LogP contribution in [-0.4, -0.2) is 42.8 Å².